The zero-order valence-electron chi connectivity index (χ0n) is 9.30. The normalized spacial score (nSPS) is 21.9. The van der Waals surface area contributed by atoms with Crippen molar-refractivity contribution in [1.29, 1.82) is 0 Å². The third kappa shape index (κ3) is 2.01. The van der Waals surface area contributed by atoms with Crippen LogP contribution in [-0.2, 0) is 20.1 Å². The summed E-state index contributed by atoms with van der Waals surface area (Å²) in [6.45, 7) is 1.88. The molecular formula is C12H12O5. The van der Waals surface area contributed by atoms with E-state index in [-0.39, 0.29) is 12.2 Å². The lowest BCUT2D eigenvalue weighted by Gasteiger charge is -2.20. The monoisotopic (exact) mass is 236 g/mol. The van der Waals surface area contributed by atoms with Crippen LogP contribution < -0.4 is 0 Å². The highest BCUT2D eigenvalue weighted by molar-refractivity contribution is 5.95. The summed E-state index contributed by atoms with van der Waals surface area (Å²) in [5.74, 6) is -3.15. The molecule has 17 heavy (non-hydrogen) atoms. The number of hydrogen-bond acceptors (Lipinski definition) is 5. The van der Waals surface area contributed by atoms with Crippen LogP contribution in [0.5, 0.6) is 0 Å². The van der Waals surface area contributed by atoms with Gasteiger partial charge in [-0.25, -0.2) is 4.79 Å². The summed E-state index contributed by atoms with van der Waals surface area (Å²) in [5.41, 5.74) is 0.581. The fraction of sp³-hybridized carbons (Fsp3) is 0.333. The van der Waals surface area contributed by atoms with Crippen LogP contribution >= 0.6 is 0 Å². The van der Waals surface area contributed by atoms with Crippen molar-refractivity contribution >= 4 is 11.9 Å². The average molecular weight is 236 g/mol. The molecule has 1 aromatic rings. The molecule has 5 heteroatoms. The van der Waals surface area contributed by atoms with Gasteiger partial charge < -0.3 is 14.6 Å². The minimum atomic E-state index is -1.90. The Morgan fingerprint density at radius 3 is 2.88 bits per heavy atom. The molecule has 1 heterocycles. The summed E-state index contributed by atoms with van der Waals surface area (Å²) in [5, 5.41) is 10.2. The highest BCUT2D eigenvalue weighted by Gasteiger charge is 2.45. The van der Waals surface area contributed by atoms with Crippen molar-refractivity contribution in [3.05, 3.63) is 35.4 Å². The van der Waals surface area contributed by atoms with E-state index in [1.807, 2.05) is 0 Å². The van der Waals surface area contributed by atoms with Crippen LogP contribution in [0.15, 0.2) is 24.3 Å². The Hall–Kier alpha value is -1.88. The standard InChI is InChI=1S/C12H12O5/c1-2-16-10(13)7-12(15)9-6-4-3-5-8(9)11(14)17-12/h3-6,15H,2,7H2,1H3. The van der Waals surface area contributed by atoms with Gasteiger partial charge in [0.2, 0.25) is 5.79 Å². The lowest BCUT2D eigenvalue weighted by molar-refractivity contribution is -0.185. The van der Waals surface area contributed by atoms with Crippen molar-refractivity contribution in [3.63, 3.8) is 0 Å². The molecule has 5 nitrogen and oxygen atoms in total. The van der Waals surface area contributed by atoms with Crippen LogP contribution in [0.1, 0.15) is 29.3 Å². The molecule has 2 rings (SSSR count). The fourth-order valence-corrected chi connectivity index (χ4v) is 1.80. The number of aliphatic hydroxyl groups is 1. The maximum Gasteiger partial charge on any atom is 0.341 e. The molecule has 1 N–H and O–H groups in total. The predicted molar refractivity (Wildman–Crippen MR) is 57.0 cm³/mol. The molecule has 0 spiro atoms. The lowest BCUT2D eigenvalue weighted by atomic mass is 10.00. The van der Waals surface area contributed by atoms with Gasteiger partial charge >= 0.3 is 11.9 Å². The molecule has 0 saturated carbocycles. The van der Waals surface area contributed by atoms with E-state index in [0.717, 1.165) is 0 Å². The largest absolute Gasteiger partial charge is 0.466 e. The molecular weight excluding hydrogens is 224 g/mol. The minimum Gasteiger partial charge on any atom is -0.466 e. The fourth-order valence-electron chi connectivity index (χ4n) is 1.80. The van der Waals surface area contributed by atoms with Crippen LogP contribution in [0.25, 0.3) is 0 Å². The predicted octanol–water partition coefficient (Wildman–Crippen LogP) is 0.955. The molecule has 1 aromatic carbocycles. The molecule has 0 saturated heterocycles. The van der Waals surface area contributed by atoms with Crippen LogP contribution in [0, 0.1) is 0 Å². The van der Waals surface area contributed by atoms with E-state index in [1.165, 1.54) is 0 Å². The number of carbonyl (C=O) groups excluding carboxylic acids is 2. The number of fused-ring (bicyclic) bond motifs is 1. The van der Waals surface area contributed by atoms with Crippen LogP contribution in [-0.4, -0.2) is 23.7 Å². The SMILES string of the molecule is CCOC(=O)CC1(O)OC(=O)c2ccccc21. The molecule has 0 aliphatic carbocycles. The Labute approximate surface area is 98.0 Å². The summed E-state index contributed by atoms with van der Waals surface area (Å²) < 4.78 is 9.58. The van der Waals surface area contributed by atoms with Crippen LogP contribution in [0.2, 0.25) is 0 Å². The van der Waals surface area contributed by atoms with Gasteiger partial charge in [0.05, 0.1) is 12.2 Å². The first kappa shape index (κ1) is 11.6. The maximum absolute atomic E-state index is 11.5. The van der Waals surface area contributed by atoms with E-state index < -0.39 is 24.1 Å². The Morgan fingerprint density at radius 1 is 1.47 bits per heavy atom. The van der Waals surface area contributed by atoms with Gasteiger partial charge in [-0.15, -0.1) is 0 Å². The van der Waals surface area contributed by atoms with Crippen molar-refractivity contribution in [2.75, 3.05) is 6.61 Å². The van der Waals surface area contributed by atoms with E-state index in [2.05, 4.69) is 0 Å². The summed E-state index contributed by atoms with van der Waals surface area (Å²) in [6, 6.07) is 6.42. The molecule has 1 unspecified atom stereocenters. The first-order valence-electron chi connectivity index (χ1n) is 5.27. The first-order valence-corrected chi connectivity index (χ1v) is 5.27. The van der Waals surface area contributed by atoms with E-state index in [4.69, 9.17) is 9.47 Å². The van der Waals surface area contributed by atoms with Crippen LogP contribution in [0.4, 0.5) is 0 Å². The number of esters is 2. The zero-order chi connectivity index (χ0) is 12.5. The van der Waals surface area contributed by atoms with Crippen molar-refractivity contribution in [3.8, 4) is 0 Å². The van der Waals surface area contributed by atoms with Crippen LogP contribution in [0.3, 0.4) is 0 Å². The molecule has 0 radical (unpaired) electrons. The summed E-state index contributed by atoms with van der Waals surface area (Å²) in [6.07, 6.45) is -0.399. The molecule has 0 amide bonds. The van der Waals surface area contributed by atoms with Crippen molar-refractivity contribution < 1.29 is 24.2 Å². The van der Waals surface area contributed by atoms with E-state index >= 15 is 0 Å². The van der Waals surface area contributed by atoms with Gasteiger partial charge in [-0.2, -0.15) is 0 Å². The summed E-state index contributed by atoms with van der Waals surface area (Å²) in [4.78, 5) is 22.8. The quantitative estimate of drug-likeness (QED) is 0.791. The maximum atomic E-state index is 11.5. The minimum absolute atomic E-state index is 0.213. The zero-order valence-corrected chi connectivity index (χ0v) is 9.30. The second-order valence-electron chi connectivity index (χ2n) is 3.70. The second-order valence-corrected chi connectivity index (χ2v) is 3.70. The second kappa shape index (κ2) is 4.18. The summed E-state index contributed by atoms with van der Waals surface area (Å²) >= 11 is 0. The van der Waals surface area contributed by atoms with E-state index in [1.54, 1.807) is 31.2 Å². The Morgan fingerprint density at radius 2 is 2.18 bits per heavy atom. The molecule has 0 fully saturated rings. The summed E-state index contributed by atoms with van der Waals surface area (Å²) in [7, 11) is 0. The molecule has 1 aliphatic heterocycles. The van der Waals surface area contributed by atoms with E-state index in [9.17, 15) is 14.7 Å². The smallest absolute Gasteiger partial charge is 0.341 e. The van der Waals surface area contributed by atoms with Crippen molar-refractivity contribution in [2.24, 2.45) is 0 Å². The molecule has 0 bridgehead atoms. The topological polar surface area (TPSA) is 72.8 Å². The lowest BCUT2D eigenvalue weighted by Crippen LogP contribution is -2.30. The van der Waals surface area contributed by atoms with Crippen molar-refractivity contribution in [2.45, 2.75) is 19.1 Å². The number of hydrogen-bond donors (Lipinski definition) is 1. The molecule has 1 atom stereocenters. The third-order valence-corrected chi connectivity index (χ3v) is 2.52. The number of carbonyl (C=O) groups is 2. The highest BCUT2D eigenvalue weighted by Crippen LogP contribution is 2.36. The van der Waals surface area contributed by atoms with Crippen molar-refractivity contribution in [1.82, 2.24) is 0 Å². The molecule has 90 valence electrons. The molecule has 1 aliphatic rings. The number of rotatable bonds is 3. The Bertz CT molecular complexity index is 468. The Kier molecular flexibility index (Phi) is 2.85. The van der Waals surface area contributed by atoms with Gasteiger partial charge in [-0.3, -0.25) is 4.79 Å². The van der Waals surface area contributed by atoms with E-state index in [0.29, 0.717) is 5.56 Å². The average Bonchev–Trinajstić information content (AvgIpc) is 2.52. The van der Waals surface area contributed by atoms with Gasteiger partial charge in [0.25, 0.3) is 0 Å². The van der Waals surface area contributed by atoms with Gasteiger partial charge in [0, 0.05) is 5.56 Å². The van der Waals surface area contributed by atoms with Gasteiger partial charge in [0.15, 0.2) is 0 Å². The number of cyclic esters (lactones) is 1. The van der Waals surface area contributed by atoms with Gasteiger partial charge in [0.1, 0.15) is 6.42 Å². The Balaban J connectivity index is 2.28. The first-order chi connectivity index (χ1) is 8.07. The molecule has 0 aromatic heterocycles. The van der Waals surface area contributed by atoms with Gasteiger partial charge in [-0.05, 0) is 13.0 Å². The number of benzene rings is 1. The highest BCUT2D eigenvalue weighted by atomic mass is 16.7. The third-order valence-electron chi connectivity index (χ3n) is 2.52. The van der Waals surface area contributed by atoms with Gasteiger partial charge in [-0.1, -0.05) is 18.2 Å². The number of ether oxygens (including phenoxy) is 2.